The first kappa shape index (κ1) is 18.2. The molecule has 0 unspecified atom stereocenters. The number of piperidine rings is 1. The molecule has 3 heterocycles. The fourth-order valence-corrected chi connectivity index (χ4v) is 4.97. The molecule has 1 spiro atoms. The Morgan fingerprint density at radius 2 is 2.00 bits per heavy atom. The molecule has 4 rings (SSSR count). The van der Waals surface area contributed by atoms with Crippen molar-refractivity contribution in [2.75, 3.05) is 26.7 Å². The van der Waals surface area contributed by atoms with Crippen LogP contribution in [-0.4, -0.2) is 58.1 Å². The molecule has 27 heavy (non-hydrogen) atoms. The number of benzene rings is 1. The second-order valence-corrected chi connectivity index (χ2v) is 8.22. The minimum atomic E-state index is 0.141. The number of likely N-dealkylation sites (N-methyl/N-ethyl adjacent to an activating group) is 1. The van der Waals surface area contributed by atoms with Crippen molar-refractivity contribution in [3.8, 4) is 0 Å². The van der Waals surface area contributed by atoms with Crippen LogP contribution in [0, 0.1) is 0 Å². The Balaban J connectivity index is 1.42. The Morgan fingerprint density at radius 3 is 2.70 bits per heavy atom. The first-order valence-corrected chi connectivity index (χ1v) is 10.2. The Morgan fingerprint density at radius 1 is 1.26 bits per heavy atom. The Bertz CT molecular complexity index is 777. The van der Waals surface area contributed by atoms with Gasteiger partial charge in [-0.3, -0.25) is 14.8 Å². The lowest BCUT2D eigenvalue weighted by Gasteiger charge is -2.43. The molecule has 1 aromatic heterocycles. The Hall–Kier alpha value is -2.14. The van der Waals surface area contributed by atoms with E-state index < -0.39 is 0 Å². The number of H-pyrrole nitrogens is 1. The fraction of sp³-hybridized carbons (Fsp3) is 0.545. The zero-order chi connectivity index (χ0) is 18.9. The van der Waals surface area contributed by atoms with Crippen molar-refractivity contribution in [2.45, 2.75) is 50.5 Å². The molecule has 144 valence electrons. The van der Waals surface area contributed by atoms with Gasteiger partial charge in [-0.25, -0.2) is 0 Å². The van der Waals surface area contributed by atoms with Crippen molar-refractivity contribution >= 4 is 5.91 Å². The second-order valence-electron chi connectivity index (χ2n) is 8.22. The number of hydrogen-bond donors (Lipinski definition) is 1. The monoisotopic (exact) mass is 366 g/mol. The van der Waals surface area contributed by atoms with Crippen molar-refractivity contribution < 1.29 is 4.79 Å². The number of likely N-dealkylation sites (tertiary alicyclic amines) is 2. The molecule has 1 aromatic carbocycles. The minimum Gasteiger partial charge on any atom is -0.338 e. The number of rotatable bonds is 4. The smallest absolute Gasteiger partial charge is 0.257 e. The Kier molecular flexibility index (Phi) is 5.04. The minimum absolute atomic E-state index is 0.141. The maximum atomic E-state index is 13.0. The SMILES string of the molecule is CCCc1[nH]ncc1C(=O)N1CCC2(CC1)C[C@@H](c1ccccc1)CN2C. The van der Waals surface area contributed by atoms with Gasteiger partial charge in [0.2, 0.25) is 0 Å². The fourth-order valence-electron chi connectivity index (χ4n) is 4.97. The summed E-state index contributed by atoms with van der Waals surface area (Å²) in [5.41, 5.74) is 3.42. The highest BCUT2D eigenvalue weighted by Gasteiger charge is 2.46. The molecule has 2 aliphatic rings. The molecular formula is C22H30N4O. The zero-order valence-electron chi connectivity index (χ0n) is 16.4. The number of amides is 1. The third-order valence-electron chi connectivity index (χ3n) is 6.63. The summed E-state index contributed by atoms with van der Waals surface area (Å²) in [6.07, 6.45) is 6.89. The predicted octanol–water partition coefficient (Wildman–Crippen LogP) is 3.46. The van der Waals surface area contributed by atoms with Gasteiger partial charge in [-0.05, 0) is 44.2 Å². The van der Waals surface area contributed by atoms with Crippen LogP contribution in [0.2, 0.25) is 0 Å². The lowest BCUT2D eigenvalue weighted by molar-refractivity contribution is 0.0491. The molecule has 0 saturated carbocycles. The summed E-state index contributed by atoms with van der Waals surface area (Å²) in [7, 11) is 2.26. The normalized spacial score (nSPS) is 22.4. The molecule has 0 bridgehead atoms. The molecule has 2 aromatic rings. The molecule has 1 amide bonds. The van der Waals surface area contributed by atoms with Gasteiger partial charge in [-0.2, -0.15) is 5.10 Å². The van der Waals surface area contributed by atoms with Crippen LogP contribution >= 0.6 is 0 Å². The van der Waals surface area contributed by atoms with E-state index >= 15 is 0 Å². The number of nitrogens with one attached hydrogen (secondary N) is 1. The molecule has 2 aliphatic heterocycles. The van der Waals surface area contributed by atoms with Crippen LogP contribution in [0.15, 0.2) is 36.5 Å². The van der Waals surface area contributed by atoms with Crippen LogP contribution in [0.5, 0.6) is 0 Å². The van der Waals surface area contributed by atoms with E-state index in [4.69, 9.17) is 0 Å². The van der Waals surface area contributed by atoms with Gasteiger partial charge in [0.1, 0.15) is 0 Å². The average molecular weight is 367 g/mol. The molecule has 5 heteroatoms. The van der Waals surface area contributed by atoms with Gasteiger partial charge in [0.25, 0.3) is 5.91 Å². The van der Waals surface area contributed by atoms with E-state index in [1.165, 1.54) is 12.0 Å². The molecule has 5 nitrogen and oxygen atoms in total. The topological polar surface area (TPSA) is 52.2 Å². The number of carbonyl (C=O) groups is 1. The first-order valence-electron chi connectivity index (χ1n) is 10.2. The van der Waals surface area contributed by atoms with E-state index in [2.05, 4.69) is 59.4 Å². The Labute approximate surface area is 161 Å². The molecular weight excluding hydrogens is 336 g/mol. The van der Waals surface area contributed by atoms with Crippen LogP contribution in [-0.2, 0) is 6.42 Å². The van der Waals surface area contributed by atoms with Gasteiger partial charge >= 0.3 is 0 Å². The van der Waals surface area contributed by atoms with E-state index in [9.17, 15) is 4.79 Å². The summed E-state index contributed by atoms with van der Waals surface area (Å²) in [6.45, 7) is 4.90. The van der Waals surface area contributed by atoms with Gasteiger partial charge in [0.15, 0.2) is 0 Å². The van der Waals surface area contributed by atoms with E-state index in [0.29, 0.717) is 5.92 Å². The van der Waals surface area contributed by atoms with Crippen molar-refractivity contribution in [1.29, 1.82) is 0 Å². The molecule has 1 atom stereocenters. The summed E-state index contributed by atoms with van der Waals surface area (Å²) in [5, 5.41) is 7.10. The van der Waals surface area contributed by atoms with E-state index in [1.54, 1.807) is 6.20 Å². The quantitative estimate of drug-likeness (QED) is 0.902. The number of aromatic nitrogens is 2. The van der Waals surface area contributed by atoms with Crippen molar-refractivity contribution in [3.05, 3.63) is 53.3 Å². The third kappa shape index (κ3) is 3.41. The summed E-state index contributed by atoms with van der Waals surface area (Å²) in [4.78, 5) is 17.6. The molecule has 2 fully saturated rings. The highest BCUT2D eigenvalue weighted by atomic mass is 16.2. The maximum Gasteiger partial charge on any atom is 0.257 e. The summed E-state index contributed by atoms with van der Waals surface area (Å²) >= 11 is 0. The van der Waals surface area contributed by atoms with Gasteiger partial charge in [-0.15, -0.1) is 0 Å². The standard InChI is InChI=1S/C22H30N4O/c1-3-7-20-19(15-23-24-20)21(27)26-12-10-22(11-13-26)14-18(16-25(22)2)17-8-5-4-6-9-17/h4-6,8-9,15,18H,3,7,10-14,16H2,1-2H3,(H,23,24)/t18-/m1/s1. The van der Waals surface area contributed by atoms with E-state index in [-0.39, 0.29) is 11.4 Å². The summed E-state index contributed by atoms with van der Waals surface area (Å²) in [6, 6.07) is 10.9. The zero-order valence-corrected chi connectivity index (χ0v) is 16.4. The second kappa shape index (κ2) is 7.47. The highest BCUT2D eigenvalue weighted by molar-refractivity contribution is 5.95. The molecule has 1 N–H and O–H groups in total. The first-order chi connectivity index (χ1) is 13.1. The average Bonchev–Trinajstić information content (AvgIpc) is 3.28. The largest absolute Gasteiger partial charge is 0.338 e. The highest BCUT2D eigenvalue weighted by Crippen LogP contribution is 2.44. The lowest BCUT2D eigenvalue weighted by Crippen LogP contribution is -2.52. The summed E-state index contributed by atoms with van der Waals surface area (Å²) < 4.78 is 0. The number of nitrogens with zero attached hydrogens (tertiary/aromatic N) is 3. The van der Waals surface area contributed by atoms with Crippen molar-refractivity contribution in [3.63, 3.8) is 0 Å². The van der Waals surface area contributed by atoms with Crippen LogP contribution in [0.4, 0.5) is 0 Å². The molecule has 0 radical (unpaired) electrons. The third-order valence-corrected chi connectivity index (χ3v) is 6.63. The van der Waals surface area contributed by atoms with Gasteiger partial charge < -0.3 is 4.90 Å². The van der Waals surface area contributed by atoms with Crippen LogP contribution in [0.1, 0.15) is 60.1 Å². The number of aryl methyl sites for hydroxylation is 1. The predicted molar refractivity (Wildman–Crippen MR) is 107 cm³/mol. The summed E-state index contributed by atoms with van der Waals surface area (Å²) in [5.74, 6) is 0.741. The van der Waals surface area contributed by atoms with Gasteiger partial charge in [0.05, 0.1) is 11.8 Å². The molecule has 0 aliphatic carbocycles. The number of carbonyl (C=O) groups excluding carboxylic acids is 1. The van der Waals surface area contributed by atoms with E-state index in [1.807, 2.05) is 4.90 Å². The number of aromatic amines is 1. The van der Waals surface area contributed by atoms with E-state index in [0.717, 1.165) is 56.6 Å². The van der Waals surface area contributed by atoms with Crippen LogP contribution in [0.25, 0.3) is 0 Å². The lowest BCUT2D eigenvalue weighted by atomic mass is 9.81. The van der Waals surface area contributed by atoms with Crippen molar-refractivity contribution in [1.82, 2.24) is 20.0 Å². The number of hydrogen-bond acceptors (Lipinski definition) is 3. The maximum absolute atomic E-state index is 13.0. The van der Waals surface area contributed by atoms with Gasteiger partial charge in [-0.1, -0.05) is 43.7 Å². The van der Waals surface area contributed by atoms with Gasteiger partial charge in [0, 0.05) is 30.9 Å². The van der Waals surface area contributed by atoms with Crippen LogP contribution in [0.3, 0.4) is 0 Å². The van der Waals surface area contributed by atoms with Crippen molar-refractivity contribution in [2.24, 2.45) is 0 Å². The van der Waals surface area contributed by atoms with Crippen LogP contribution < -0.4 is 0 Å². The molecule has 2 saturated heterocycles.